The summed E-state index contributed by atoms with van der Waals surface area (Å²) in [4.78, 5) is 41.3. The van der Waals surface area contributed by atoms with E-state index < -0.39 is 24.0 Å². The van der Waals surface area contributed by atoms with Crippen LogP contribution in [0.4, 0.5) is 4.79 Å². The van der Waals surface area contributed by atoms with Gasteiger partial charge in [0.1, 0.15) is 0 Å². The Morgan fingerprint density at radius 3 is 2.59 bits per heavy atom. The Morgan fingerprint density at radius 2 is 1.85 bits per heavy atom. The number of carbonyl (C=O) groups excluding carboxylic acids is 3. The smallest absolute Gasteiger partial charge is 0.339 e. The van der Waals surface area contributed by atoms with Crippen molar-refractivity contribution in [2.24, 2.45) is 0 Å². The van der Waals surface area contributed by atoms with E-state index in [9.17, 15) is 14.4 Å². The van der Waals surface area contributed by atoms with Crippen LogP contribution < -0.4 is 10.6 Å². The second-order valence-electron chi connectivity index (χ2n) is 6.95. The van der Waals surface area contributed by atoms with Gasteiger partial charge >= 0.3 is 12.0 Å². The summed E-state index contributed by atoms with van der Waals surface area (Å²) in [5.41, 5.74) is 3.01. The minimum absolute atomic E-state index is 0.110. The van der Waals surface area contributed by atoms with Gasteiger partial charge in [0.15, 0.2) is 6.10 Å². The molecule has 0 spiro atoms. The first-order valence-electron chi connectivity index (χ1n) is 9.09. The predicted molar refractivity (Wildman–Crippen MR) is 100 cm³/mol. The number of amides is 3. The maximum atomic E-state index is 12.9. The van der Waals surface area contributed by atoms with Gasteiger partial charge in [0.25, 0.3) is 5.91 Å². The van der Waals surface area contributed by atoms with E-state index in [1.807, 2.05) is 24.3 Å². The number of benzene rings is 1. The maximum absolute atomic E-state index is 12.9. The third kappa shape index (κ3) is 4.07. The van der Waals surface area contributed by atoms with E-state index >= 15 is 0 Å². The Labute approximate surface area is 157 Å². The lowest BCUT2D eigenvalue weighted by Gasteiger charge is -2.16. The summed E-state index contributed by atoms with van der Waals surface area (Å²) in [6.07, 6.45) is 1.42. The molecule has 0 fully saturated rings. The largest absolute Gasteiger partial charge is 0.449 e. The van der Waals surface area contributed by atoms with Crippen LogP contribution >= 0.6 is 0 Å². The number of esters is 1. The molecule has 142 valence electrons. The van der Waals surface area contributed by atoms with Gasteiger partial charge in [-0.1, -0.05) is 18.2 Å². The summed E-state index contributed by atoms with van der Waals surface area (Å²) in [5, 5.41) is 5.45. The molecule has 2 aromatic rings. The number of hydrogen-bond donors (Lipinski definition) is 2. The normalized spacial score (nSPS) is 13.9. The molecular weight excluding hydrogens is 346 g/mol. The number of pyridine rings is 1. The van der Waals surface area contributed by atoms with Crippen LogP contribution in [-0.2, 0) is 22.4 Å². The van der Waals surface area contributed by atoms with Gasteiger partial charge in [-0.25, -0.2) is 9.59 Å². The van der Waals surface area contributed by atoms with Crippen molar-refractivity contribution >= 4 is 28.8 Å². The van der Waals surface area contributed by atoms with E-state index in [2.05, 4.69) is 15.6 Å². The van der Waals surface area contributed by atoms with E-state index in [1.54, 1.807) is 13.8 Å². The number of ether oxygens (including phenoxy) is 1. The molecule has 0 saturated carbocycles. The maximum Gasteiger partial charge on any atom is 0.339 e. The van der Waals surface area contributed by atoms with Gasteiger partial charge in [-0.05, 0) is 51.7 Å². The first-order valence-corrected chi connectivity index (χ1v) is 9.09. The Balaban J connectivity index is 1.80. The van der Waals surface area contributed by atoms with E-state index in [-0.39, 0.29) is 6.04 Å². The molecular formula is C20H23N3O4. The molecule has 3 amide bonds. The average Bonchev–Trinajstić information content (AvgIpc) is 3.06. The van der Waals surface area contributed by atoms with Gasteiger partial charge in [0, 0.05) is 17.1 Å². The van der Waals surface area contributed by atoms with Gasteiger partial charge < -0.3 is 10.1 Å². The Bertz CT molecular complexity index is 907. The SMILES string of the molecule is CC(C)NC(=O)NC(=O)[C@H](C)OC(=O)c1c2c(nc3ccccc13)CCC2. The first-order chi connectivity index (χ1) is 12.9. The lowest BCUT2D eigenvalue weighted by molar-refractivity contribution is -0.127. The molecule has 1 aromatic carbocycles. The standard InChI is InChI=1S/C20H23N3O4/c1-11(2)21-20(26)23-18(24)12(3)27-19(25)17-13-7-4-5-9-15(13)22-16-10-6-8-14(16)17/h4-5,7,9,11-12H,6,8,10H2,1-3H3,(H2,21,23,24,26)/t12-/m0/s1. The Morgan fingerprint density at radius 1 is 1.11 bits per heavy atom. The minimum Gasteiger partial charge on any atom is -0.449 e. The first kappa shape index (κ1) is 18.8. The number of fused-ring (bicyclic) bond motifs is 2. The molecule has 27 heavy (non-hydrogen) atoms. The highest BCUT2D eigenvalue weighted by molar-refractivity contribution is 6.06. The molecule has 0 bridgehead atoms. The lowest BCUT2D eigenvalue weighted by atomic mass is 10.0. The lowest BCUT2D eigenvalue weighted by Crippen LogP contribution is -2.46. The summed E-state index contributed by atoms with van der Waals surface area (Å²) in [6.45, 7) is 5.00. The van der Waals surface area contributed by atoms with Gasteiger partial charge in [0.2, 0.25) is 0 Å². The highest BCUT2D eigenvalue weighted by atomic mass is 16.5. The van der Waals surface area contributed by atoms with Crippen molar-refractivity contribution in [1.29, 1.82) is 0 Å². The van der Waals surface area contributed by atoms with Crippen molar-refractivity contribution in [3.05, 3.63) is 41.1 Å². The summed E-state index contributed by atoms with van der Waals surface area (Å²) in [5.74, 6) is -1.24. The van der Waals surface area contributed by atoms with Gasteiger partial charge in [-0.15, -0.1) is 0 Å². The molecule has 2 N–H and O–H groups in total. The molecule has 0 radical (unpaired) electrons. The van der Waals surface area contributed by atoms with E-state index in [1.165, 1.54) is 6.92 Å². The van der Waals surface area contributed by atoms with Crippen LogP contribution in [0.25, 0.3) is 10.9 Å². The van der Waals surface area contributed by atoms with Crippen LogP contribution in [0.15, 0.2) is 24.3 Å². The van der Waals surface area contributed by atoms with E-state index in [0.717, 1.165) is 36.0 Å². The summed E-state index contributed by atoms with van der Waals surface area (Å²) in [7, 11) is 0. The zero-order valence-corrected chi connectivity index (χ0v) is 15.7. The second kappa shape index (κ2) is 7.73. The summed E-state index contributed by atoms with van der Waals surface area (Å²) in [6, 6.07) is 6.67. The number of hydrogen-bond acceptors (Lipinski definition) is 5. The van der Waals surface area contributed by atoms with Crippen LogP contribution in [0.1, 0.15) is 48.8 Å². The van der Waals surface area contributed by atoms with Crippen LogP contribution in [0.2, 0.25) is 0 Å². The van der Waals surface area contributed by atoms with Crippen LogP contribution in [-0.4, -0.2) is 35.0 Å². The fourth-order valence-corrected chi connectivity index (χ4v) is 3.23. The zero-order chi connectivity index (χ0) is 19.6. The molecule has 1 aliphatic rings. The van der Waals surface area contributed by atoms with Gasteiger partial charge in [-0.3, -0.25) is 15.1 Å². The van der Waals surface area contributed by atoms with E-state index in [4.69, 9.17) is 4.74 Å². The van der Waals surface area contributed by atoms with Crippen LogP contribution in [0.5, 0.6) is 0 Å². The Hall–Kier alpha value is -2.96. The van der Waals surface area contributed by atoms with Crippen LogP contribution in [0, 0.1) is 0 Å². The van der Waals surface area contributed by atoms with Gasteiger partial charge in [-0.2, -0.15) is 0 Å². The molecule has 0 unspecified atom stereocenters. The molecule has 1 heterocycles. The minimum atomic E-state index is -1.10. The molecule has 0 aliphatic heterocycles. The fourth-order valence-electron chi connectivity index (χ4n) is 3.23. The zero-order valence-electron chi connectivity index (χ0n) is 15.7. The number of urea groups is 1. The summed E-state index contributed by atoms with van der Waals surface area (Å²) >= 11 is 0. The van der Waals surface area contributed by atoms with Crippen molar-refractivity contribution in [2.45, 2.75) is 52.2 Å². The highest BCUT2D eigenvalue weighted by Gasteiger charge is 2.27. The highest BCUT2D eigenvalue weighted by Crippen LogP contribution is 2.30. The molecule has 1 aromatic heterocycles. The van der Waals surface area contributed by atoms with Crippen molar-refractivity contribution in [1.82, 2.24) is 15.6 Å². The molecule has 7 heteroatoms. The topological polar surface area (TPSA) is 97.4 Å². The predicted octanol–water partition coefficient (Wildman–Crippen LogP) is 2.50. The fraction of sp³-hybridized carbons (Fsp3) is 0.400. The van der Waals surface area contributed by atoms with E-state index in [0.29, 0.717) is 10.9 Å². The van der Waals surface area contributed by atoms with Crippen LogP contribution in [0.3, 0.4) is 0 Å². The molecule has 7 nitrogen and oxygen atoms in total. The Kier molecular flexibility index (Phi) is 5.39. The third-order valence-corrected chi connectivity index (χ3v) is 4.43. The van der Waals surface area contributed by atoms with Crippen molar-refractivity contribution in [3.63, 3.8) is 0 Å². The molecule has 1 aliphatic carbocycles. The number of para-hydroxylation sites is 1. The number of aryl methyl sites for hydroxylation is 1. The van der Waals surface area contributed by atoms with Crippen molar-refractivity contribution in [2.75, 3.05) is 0 Å². The number of carbonyl (C=O) groups is 3. The monoisotopic (exact) mass is 369 g/mol. The number of aromatic nitrogens is 1. The van der Waals surface area contributed by atoms with Gasteiger partial charge in [0.05, 0.1) is 11.1 Å². The third-order valence-electron chi connectivity index (χ3n) is 4.43. The number of rotatable bonds is 4. The molecule has 3 rings (SSSR count). The second-order valence-corrected chi connectivity index (χ2v) is 6.95. The number of imide groups is 1. The summed E-state index contributed by atoms with van der Waals surface area (Å²) < 4.78 is 5.38. The average molecular weight is 369 g/mol. The molecule has 1 atom stereocenters. The quantitative estimate of drug-likeness (QED) is 0.807. The van der Waals surface area contributed by atoms with Crippen molar-refractivity contribution in [3.8, 4) is 0 Å². The van der Waals surface area contributed by atoms with Crippen molar-refractivity contribution < 1.29 is 19.1 Å². The number of nitrogens with one attached hydrogen (secondary N) is 2. The molecule has 0 saturated heterocycles. The number of nitrogens with zero attached hydrogens (tertiary/aromatic N) is 1.